The Balaban J connectivity index is 2.96. The summed E-state index contributed by atoms with van der Waals surface area (Å²) in [6.07, 6.45) is 3.71. The molecule has 0 saturated heterocycles. The molecule has 0 aliphatic heterocycles. The lowest BCUT2D eigenvalue weighted by Crippen LogP contribution is -2.07. The van der Waals surface area contributed by atoms with Crippen LogP contribution < -0.4 is 4.74 Å². The summed E-state index contributed by atoms with van der Waals surface area (Å²) in [5, 5.41) is 0. The SMILES string of the molecule is CC(C)Oc1c(Br)cncc1I. The van der Waals surface area contributed by atoms with E-state index in [1.807, 2.05) is 13.8 Å². The highest BCUT2D eigenvalue weighted by atomic mass is 127. The molecule has 1 aromatic heterocycles. The molecule has 0 radical (unpaired) electrons. The zero-order valence-electron chi connectivity index (χ0n) is 6.84. The molecule has 0 aromatic carbocycles. The van der Waals surface area contributed by atoms with E-state index in [-0.39, 0.29) is 6.10 Å². The van der Waals surface area contributed by atoms with Gasteiger partial charge in [0, 0.05) is 12.4 Å². The second-order valence-electron chi connectivity index (χ2n) is 2.60. The molecule has 0 N–H and O–H groups in total. The Morgan fingerprint density at radius 3 is 2.67 bits per heavy atom. The molecule has 0 fully saturated rings. The van der Waals surface area contributed by atoms with Crippen LogP contribution in [0.4, 0.5) is 0 Å². The van der Waals surface area contributed by atoms with Crippen LogP contribution in [0.5, 0.6) is 5.75 Å². The molecule has 1 aromatic rings. The number of ether oxygens (including phenoxy) is 1. The predicted octanol–water partition coefficient (Wildman–Crippen LogP) is 3.24. The van der Waals surface area contributed by atoms with Gasteiger partial charge in [-0.05, 0) is 52.4 Å². The normalized spacial score (nSPS) is 10.4. The van der Waals surface area contributed by atoms with Crippen molar-refractivity contribution in [1.29, 1.82) is 0 Å². The number of hydrogen-bond donors (Lipinski definition) is 0. The number of hydrogen-bond acceptors (Lipinski definition) is 2. The molecule has 0 bridgehead atoms. The van der Waals surface area contributed by atoms with Gasteiger partial charge >= 0.3 is 0 Å². The summed E-state index contributed by atoms with van der Waals surface area (Å²) in [7, 11) is 0. The maximum absolute atomic E-state index is 5.58. The van der Waals surface area contributed by atoms with Crippen molar-refractivity contribution in [3.05, 3.63) is 20.4 Å². The molecule has 0 amide bonds. The van der Waals surface area contributed by atoms with Gasteiger partial charge in [-0.25, -0.2) is 0 Å². The van der Waals surface area contributed by atoms with E-state index in [9.17, 15) is 0 Å². The maximum Gasteiger partial charge on any atom is 0.150 e. The van der Waals surface area contributed by atoms with Crippen LogP contribution in [0, 0.1) is 3.57 Å². The van der Waals surface area contributed by atoms with E-state index >= 15 is 0 Å². The molecule has 1 heterocycles. The van der Waals surface area contributed by atoms with Gasteiger partial charge in [-0.15, -0.1) is 0 Å². The van der Waals surface area contributed by atoms with E-state index < -0.39 is 0 Å². The third-order valence-electron chi connectivity index (χ3n) is 1.16. The molecule has 66 valence electrons. The van der Waals surface area contributed by atoms with Gasteiger partial charge in [-0.2, -0.15) is 0 Å². The Morgan fingerprint density at radius 1 is 1.50 bits per heavy atom. The number of aromatic nitrogens is 1. The average molecular weight is 342 g/mol. The first-order chi connectivity index (χ1) is 5.61. The van der Waals surface area contributed by atoms with Crippen LogP contribution in [0.3, 0.4) is 0 Å². The van der Waals surface area contributed by atoms with Gasteiger partial charge in [-0.1, -0.05) is 0 Å². The van der Waals surface area contributed by atoms with Crippen LogP contribution in [-0.4, -0.2) is 11.1 Å². The average Bonchev–Trinajstić information content (AvgIpc) is 1.97. The van der Waals surface area contributed by atoms with Gasteiger partial charge < -0.3 is 4.74 Å². The number of rotatable bonds is 2. The molecular formula is C8H9BrINO. The molecule has 1 rings (SSSR count). The Labute approximate surface area is 94.0 Å². The van der Waals surface area contributed by atoms with Gasteiger partial charge in [0.05, 0.1) is 14.1 Å². The van der Waals surface area contributed by atoms with Crippen molar-refractivity contribution in [2.75, 3.05) is 0 Å². The molecule has 4 heteroatoms. The largest absolute Gasteiger partial charge is 0.489 e. The highest BCUT2D eigenvalue weighted by Crippen LogP contribution is 2.29. The summed E-state index contributed by atoms with van der Waals surface area (Å²) in [5.74, 6) is 0.876. The van der Waals surface area contributed by atoms with E-state index in [2.05, 4.69) is 43.5 Å². The lowest BCUT2D eigenvalue weighted by atomic mass is 10.4. The van der Waals surface area contributed by atoms with Gasteiger partial charge in [0.25, 0.3) is 0 Å². The monoisotopic (exact) mass is 341 g/mol. The molecule has 0 unspecified atom stereocenters. The summed E-state index contributed by atoms with van der Waals surface area (Å²) >= 11 is 5.59. The second kappa shape index (κ2) is 4.41. The second-order valence-corrected chi connectivity index (χ2v) is 4.62. The van der Waals surface area contributed by atoms with Crippen molar-refractivity contribution in [2.24, 2.45) is 0 Å². The summed E-state index contributed by atoms with van der Waals surface area (Å²) < 4.78 is 7.51. The first-order valence-corrected chi connectivity index (χ1v) is 5.44. The highest BCUT2D eigenvalue weighted by Gasteiger charge is 2.07. The minimum absolute atomic E-state index is 0.192. The van der Waals surface area contributed by atoms with Crippen molar-refractivity contribution in [3.8, 4) is 5.75 Å². The Bertz CT molecular complexity index is 258. The van der Waals surface area contributed by atoms with Crippen LogP contribution >= 0.6 is 38.5 Å². The molecule has 0 aliphatic carbocycles. The number of nitrogens with zero attached hydrogens (tertiary/aromatic N) is 1. The summed E-state index contributed by atoms with van der Waals surface area (Å²) in [6.45, 7) is 4.01. The molecule has 2 nitrogen and oxygen atoms in total. The minimum atomic E-state index is 0.192. The molecule has 0 spiro atoms. The van der Waals surface area contributed by atoms with Gasteiger partial charge in [0.1, 0.15) is 5.75 Å². The standard InChI is InChI=1S/C8H9BrINO/c1-5(2)12-8-6(9)3-11-4-7(8)10/h3-5H,1-2H3. The van der Waals surface area contributed by atoms with E-state index in [0.29, 0.717) is 0 Å². The van der Waals surface area contributed by atoms with Crippen molar-refractivity contribution >= 4 is 38.5 Å². The summed E-state index contributed by atoms with van der Waals surface area (Å²) in [5.41, 5.74) is 0. The summed E-state index contributed by atoms with van der Waals surface area (Å²) in [6, 6.07) is 0. The zero-order chi connectivity index (χ0) is 9.14. The summed E-state index contributed by atoms with van der Waals surface area (Å²) in [4.78, 5) is 4.02. The zero-order valence-corrected chi connectivity index (χ0v) is 10.6. The van der Waals surface area contributed by atoms with E-state index in [4.69, 9.17) is 4.74 Å². The van der Waals surface area contributed by atoms with Crippen molar-refractivity contribution < 1.29 is 4.74 Å². The van der Waals surface area contributed by atoms with Gasteiger partial charge in [-0.3, -0.25) is 4.98 Å². The van der Waals surface area contributed by atoms with Crippen LogP contribution in [0.2, 0.25) is 0 Å². The van der Waals surface area contributed by atoms with Crippen LogP contribution in [0.1, 0.15) is 13.8 Å². The van der Waals surface area contributed by atoms with Crippen LogP contribution in [0.15, 0.2) is 16.9 Å². The number of pyridine rings is 1. The molecule has 0 aliphatic rings. The fourth-order valence-corrected chi connectivity index (χ4v) is 2.12. The minimum Gasteiger partial charge on any atom is -0.489 e. The van der Waals surface area contributed by atoms with Crippen LogP contribution in [-0.2, 0) is 0 Å². The fourth-order valence-electron chi connectivity index (χ4n) is 0.748. The first-order valence-electron chi connectivity index (χ1n) is 3.57. The predicted molar refractivity (Wildman–Crippen MR) is 60.4 cm³/mol. The van der Waals surface area contributed by atoms with Crippen molar-refractivity contribution in [3.63, 3.8) is 0 Å². The highest BCUT2D eigenvalue weighted by molar-refractivity contribution is 14.1. The quantitative estimate of drug-likeness (QED) is 0.770. The molecule has 0 atom stereocenters. The van der Waals surface area contributed by atoms with Crippen LogP contribution in [0.25, 0.3) is 0 Å². The Kier molecular flexibility index (Phi) is 3.77. The van der Waals surface area contributed by atoms with E-state index in [0.717, 1.165) is 13.8 Å². The lowest BCUT2D eigenvalue weighted by molar-refractivity contribution is 0.238. The molecule has 0 saturated carbocycles. The van der Waals surface area contributed by atoms with Crippen molar-refractivity contribution in [1.82, 2.24) is 4.98 Å². The first kappa shape index (κ1) is 10.2. The number of halogens is 2. The smallest absolute Gasteiger partial charge is 0.150 e. The van der Waals surface area contributed by atoms with E-state index in [1.54, 1.807) is 12.4 Å². The molecular weight excluding hydrogens is 333 g/mol. The van der Waals surface area contributed by atoms with Crippen molar-refractivity contribution in [2.45, 2.75) is 20.0 Å². The van der Waals surface area contributed by atoms with E-state index in [1.165, 1.54) is 0 Å². The van der Waals surface area contributed by atoms with Gasteiger partial charge in [0.15, 0.2) is 0 Å². The third-order valence-corrected chi connectivity index (χ3v) is 2.50. The third kappa shape index (κ3) is 2.58. The maximum atomic E-state index is 5.58. The Hall–Kier alpha value is 0.160. The van der Waals surface area contributed by atoms with Gasteiger partial charge in [0.2, 0.25) is 0 Å². The fraction of sp³-hybridized carbons (Fsp3) is 0.375. The topological polar surface area (TPSA) is 22.1 Å². The lowest BCUT2D eigenvalue weighted by Gasteiger charge is -2.12. The Morgan fingerprint density at radius 2 is 2.17 bits per heavy atom. The molecule has 12 heavy (non-hydrogen) atoms.